The van der Waals surface area contributed by atoms with Gasteiger partial charge in [0.05, 0.1) is 0 Å². The molecule has 0 rings (SSSR count). The van der Waals surface area contributed by atoms with E-state index in [1.165, 1.54) is 0 Å². The van der Waals surface area contributed by atoms with E-state index in [4.69, 9.17) is 0 Å². The summed E-state index contributed by atoms with van der Waals surface area (Å²) in [5, 5.41) is 0. The summed E-state index contributed by atoms with van der Waals surface area (Å²) in [5.41, 5.74) is 0. The monoisotopic (exact) mass is 162 g/mol. The van der Waals surface area contributed by atoms with Crippen molar-refractivity contribution in [2.24, 2.45) is 0 Å². The Labute approximate surface area is 109 Å². The zero-order chi connectivity index (χ0) is 6.57. The van der Waals surface area contributed by atoms with Gasteiger partial charge in [-0.3, -0.25) is 0 Å². The van der Waals surface area contributed by atoms with Crippen molar-refractivity contribution in [3.8, 4) is 0 Å². The van der Waals surface area contributed by atoms with Gasteiger partial charge in [0, 0.05) is 72.2 Å². The third-order valence-corrected chi connectivity index (χ3v) is 0.994. The molecule has 52 valence electrons. The van der Waals surface area contributed by atoms with E-state index >= 15 is 0 Å². The number of likely N-dealkylation sites (N-methyl/N-ethyl adjacent to an activating group) is 2. The average Bonchev–Trinajstić information content (AvgIpc) is 1.61. The van der Waals surface area contributed by atoms with Crippen molar-refractivity contribution in [3.63, 3.8) is 0 Å². The van der Waals surface area contributed by atoms with Crippen molar-refractivity contribution in [2.75, 3.05) is 41.3 Å². The average molecular weight is 162 g/mol. The second kappa shape index (κ2) is 10.9. The molecule has 0 aliphatic carbocycles. The van der Waals surface area contributed by atoms with Crippen molar-refractivity contribution in [2.45, 2.75) is 0 Å². The van der Waals surface area contributed by atoms with Gasteiger partial charge < -0.3 is 9.80 Å². The number of hydrogen-bond acceptors (Lipinski definition) is 2. The summed E-state index contributed by atoms with van der Waals surface area (Å²) >= 11 is 0. The quantitative estimate of drug-likeness (QED) is 0.509. The Hall–Kier alpha value is 1.92. The first-order chi connectivity index (χ1) is 3.63. The number of nitrogens with zero attached hydrogens (tertiary/aromatic N) is 2. The number of rotatable bonds is 3. The standard InChI is InChI=1S/C6H16N2.2Na/c1-7(2)5-6-8(3)4;;/h5-6H2,1-4H3;;. The molecule has 0 aromatic heterocycles. The first kappa shape index (κ1) is 17.9. The van der Waals surface area contributed by atoms with Crippen molar-refractivity contribution < 1.29 is 0 Å². The predicted octanol–water partition coefficient (Wildman–Crippen LogP) is -0.652. The zero-order valence-corrected chi connectivity index (χ0v) is 12.3. The SMILES string of the molecule is CN(C)CCN(C)C.[Na].[Na]. The van der Waals surface area contributed by atoms with Gasteiger partial charge in [0.15, 0.2) is 0 Å². The first-order valence-electron chi connectivity index (χ1n) is 2.92. The Morgan fingerprint density at radius 2 is 0.900 bits per heavy atom. The van der Waals surface area contributed by atoms with E-state index in [1.54, 1.807) is 0 Å². The van der Waals surface area contributed by atoms with Gasteiger partial charge in [0.25, 0.3) is 0 Å². The second-order valence-corrected chi connectivity index (χ2v) is 2.61. The van der Waals surface area contributed by atoms with Crippen LogP contribution in [0, 0.1) is 0 Å². The van der Waals surface area contributed by atoms with Crippen LogP contribution in [0.5, 0.6) is 0 Å². The molecule has 2 nitrogen and oxygen atoms in total. The molecule has 0 atom stereocenters. The van der Waals surface area contributed by atoms with Gasteiger partial charge in [0.2, 0.25) is 0 Å². The van der Waals surface area contributed by atoms with Crippen LogP contribution >= 0.6 is 0 Å². The normalized spacial score (nSPS) is 9.00. The van der Waals surface area contributed by atoms with Crippen LogP contribution in [0.4, 0.5) is 0 Å². The molecule has 4 heteroatoms. The maximum Gasteiger partial charge on any atom is 0.0103 e. The van der Waals surface area contributed by atoms with Crippen LogP contribution in [0.25, 0.3) is 0 Å². The summed E-state index contributed by atoms with van der Waals surface area (Å²) in [7, 11) is 8.35. The Morgan fingerprint density at radius 3 is 1.00 bits per heavy atom. The van der Waals surface area contributed by atoms with E-state index in [1.807, 2.05) is 0 Å². The van der Waals surface area contributed by atoms with Crippen molar-refractivity contribution in [1.82, 2.24) is 9.80 Å². The van der Waals surface area contributed by atoms with Gasteiger partial charge in [-0.1, -0.05) is 0 Å². The third kappa shape index (κ3) is 16.5. The van der Waals surface area contributed by atoms with Crippen LogP contribution in [0.1, 0.15) is 0 Å². The van der Waals surface area contributed by atoms with Gasteiger partial charge in [0.1, 0.15) is 0 Å². The second-order valence-electron chi connectivity index (χ2n) is 2.61. The van der Waals surface area contributed by atoms with Crippen LogP contribution in [-0.4, -0.2) is 110 Å². The maximum atomic E-state index is 2.18. The molecule has 0 saturated heterocycles. The summed E-state index contributed by atoms with van der Waals surface area (Å²) in [5.74, 6) is 0. The molecule has 10 heavy (non-hydrogen) atoms. The maximum absolute atomic E-state index is 2.18. The van der Waals surface area contributed by atoms with Crippen LogP contribution in [0.15, 0.2) is 0 Å². The van der Waals surface area contributed by atoms with Gasteiger partial charge in [-0.25, -0.2) is 0 Å². The van der Waals surface area contributed by atoms with Crippen LogP contribution in [0.3, 0.4) is 0 Å². The van der Waals surface area contributed by atoms with E-state index in [2.05, 4.69) is 38.0 Å². The van der Waals surface area contributed by atoms with Crippen molar-refractivity contribution in [1.29, 1.82) is 0 Å². The largest absolute Gasteiger partial charge is 0.308 e. The summed E-state index contributed by atoms with van der Waals surface area (Å²) in [6, 6.07) is 0. The first-order valence-corrected chi connectivity index (χ1v) is 2.92. The molecule has 0 aliphatic heterocycles. The smallest absolute Gasteiger partial charge is 0.0103 e. The van der Waals surface area contributed by atoms with E-state index in [-0.39, 0.29) is 59.1 Å². The summed E-state index contributed by atoms with van der Waals surface area (Å²) in [4.78, 5) is 4.36. The van der Waals surface area contributed by atoms with Crippen LogP contribution in [-0.2, 0) is 0 Å². The molecular formula is C6H16N2Na2. The van der Waals surface area contributed by atoms with Gasteiger partial charge in [-0.15, -0.1) is 0 Å². The van der Waals surface area contributed by atoms with Crippen molar-refractivity contribution in [3.05, 3.63) is 0 Å². The predicted molar refractivity (Wildman–Crippen MR) is 48.6 cm³/mol. The molecule has 2 radical (unpaired) electrons. The summed E-state index contributed by atoms with van der Waals surface area (Å²) in [6.45, 7) is 2.29. The fourth-order valence-electron chi connectivity index (χ4n) is 0.400. The van der Waals surface area contributed by atoms with E-state index in [0.29, 0.717) is 0 Å². The van der Waals surface area contributed by atoms with E-state index in [9.17, 15) is 0 Å². The van der Waals surface area contributed by atoms with E-state index in [0.717, 1.165) is 13.1 Å². The van der Waals surface area contributed by atoms with Gasteiger partial charge >= 0.3 is 0 Å². The van der Waals surface area contributed by atoms with Crippen LogP contribution in [0.2, 0.25) is 0 Å². The van der Waals surface area contributed by atoms with Gasteiger partial charge in [-0.05, 0) is 28.2 Å². The molecule has 0 unspecified atom stereocenters. The fourth-order valence-corrected chi connectivity index (χ4v) is 0.400. The molecule has 0 saturated carbocycles. The van der Waals surface area contributed by atoms with Gasteiger partial charge in [-0.2, -0.15) is 0 Å². The third-order valence-electron chi connectivity index (χ3n) is 0.994. The topological polar surface area (TPSA) is 6.48 Å². The minimum Gasteiger partial charge on any atom is -0.308 e. The van der Waals surface area contributed by atoms with Crippen LogP contribution < -0.4 is 0 Å². The molecule has 0 heterocycles. The Kier molecular flexibility index (Phi) is 19.5. The summed E-state index contributed by atoms with van der Waals surface area (Å²) < 4.78 is 0. The molecule has 0 fully saturated rings. The number of hydrogen-bond donors (Lipinski definition) is 0. The molecule has 0 amide bonds. The summed E-state index contributed by atoms with van der Waals surface area (Å²) in [6.07, 6.45) is 0. The Morgan fingerprint density at radius 1 is 0.700 bits per heavy atom. The zero-order valence-electron chi connectivity index (χ0n) is 8.31. The Balaban J connectivity index is -0.000000245. The molecule has 0 aromatic rings. The van der Waals surface area contributed by atoms with Crippen molar-refractivity contribution >= 4 is 59.1 Å². The molecule has 0 aromatic carbocycles. The minimum atomic E-state index is 0. The molecule has 0 aliphatic rings. The fraction of sp³-hybridized carbons (Fsp3) is 1.00. The Bertz CT molecular complexity index is 49.7. The molecule has 0 bridgehead atoms. The molecule has 0 spiro atoms. The molecule has 0 N–H and O–H groups in total. The minimum absolute atomic E-state index is 0. The van der Waals surface area contributed by atoms with E-state index < -0.39 is 0 Å². The molecular weight excluding hydrogens is 146 g/mol.